The SMILES string of the molecule is CCc1nccc2c1ccc1ccccc12. The van der Waals surface area contributed by atoms with Crippen LogP contribution in [0.4, 0.5) is 0 Å². The van der Waals surface area contributed by atoms with E-state index in [1.54, 1.807) is 0 Å². The Kier molecular flexibility index (Phi) is 2.10. The Morgan fingerprint density at radius 3 is 2.62 bits per heavy atom. The Morgan fingerprint density at radius 1 is 0.875 bits per heavy atom. The van der Waals surface area contributed by atoms with Gasteiger partial charge in [-0.05, 0) is 28.6 Å². The van der Waals surface area contributed by atoms with Crippen molar-refractivity contribution in [3.8, 4) is 0 Å². The van der Waals surface area contributed by atoms with Crippen molar-refractivity contribution in [2.45, 2.75) is 13.3 Å². The van der Waals surface area contributed by atoms with Crippen LogP contribution in [-0.4, -0.2) is 4.98 Å². The molecule has 0 bridgehead atoms. The van der Waals surface area contributed by atoms with Gasteiger partial charge in [0, 0.05) is 17.3 Å². The molecular weight excluding hydrogens is 194 g/mol. The van der Waals surface area contributed by atoms with Gasteiger partial charge in [-0.1, -0.05) is 43.3 Å². The van der Waals surface area contributed by atoms with Crippen molar-refractivity contribution >= 4 is 21.5 Å². The third kappa shape index (κ3) is 1.28. The van der Waals surface area contributed by atoms with Crippen LogP contribution >= 0.6 is 0 Å². The average molecular weight is 207 g/mol. The summed E-state index contributed by atoms with van der Waals surface area (Å²) in [6, 6.07) is 15.0. The van der Waals surface area contributed by atoms with E-state index in [4.69, 9.17) is 0 Å². The van der Waals surface area contributed by atoms with Crippen molar-refractivity contribution in [1.82, 2.24) is 4.98 Å². The fraction of sp³-hybridized carbons (Fsp3) is 0.133. The molecule has 0 aliphatic carbocycles. The van der Waals surface area contributed by atoms with Crippen LogP contribution < -0.4 is 0 Å². The summed E-state index contributed by atoms with van der Waals surface area (Å²) in [6.07, 6.45) is 2.89. The van der Waals surface area contributed by atoms with Gasteiger partial charge >= 0.3 is 0 Å². The molecule has 16 heavy (non-hydrogen) atoms. The summed E-state index contributed by atoms with van der Waals surface area (Å²) in [7, 11) is 0. The van der Waals surface area contributed by atoms with E-state index < -0.39 is 0 Å². The lowest BCUT2D eigenvalue weighted by atomic mass is 10.0. The lowest BCUT2D eigenvalue weighted by molar-refractivity contribution is 1.06. The van der Waals surface area contributed by atoms with Crippen molar-refractivity contribution in [1.29, 1.82) is 0 Å². The summed E-state index contributed by atoms with van der Waals surface area (Å²) in [4.78, 5) is 4.43. The summed E-state index contributed by atoms with van der Waals surface area (Å²) >= 11 is 0. The van der Waals surface area contributed by atoms with Crippen molar-refractivity contribution in [2.75, 3.05) is 0 Å². The van der Waals surface area contributed by atoms with Crippen molar-refractivity contribution in [2.24, 2.45) is 0 Å². The minimum absolute atomic E-state index is 0.982. The number of fused-ring (bicyclic) bond motifs is 3. The lowest BCUT2D eigenvalue weighted by Gasteiger charge is -2.06. The second kappa shape index (κ2) is 3.60. The van der Waals surface area contributed by atoms with Crippen molar-refractivity contribution in [3.05, 3.63) is 54.4 Å². The summed E-state index contributed by atoms with van der Waals surface area (Å²) in [5.74, 6) is 0. The predicted octanol–water partition coefficient (Wildman–Crippen LogP) is 3.95. The van der Waals surface area contributed by atoms with Crippen LogP contribution in [0.25, 0.3) is 21.5 Å². The Morgan fingerprint density at radius 2 is 1.75 bits per heavy atom. The molecule has 1 heterocycles. The zero-order valence-electron chi connectivity index (χ0n) is 9.27. The number of nitrogens with zero attached hydrogens (tertiary/aromatic N) is 1. The van der Waals surface area contributed by atoms with E-state index in [-0.39, 0.29) is 0 Å². The van der Waals surface area contributed by atoms with E-state index >= 15 is 0 Å². The molecule has 1 aromatic heterocycles. The fourth-order valence-corrected chi connectivity index (χ4v) is 2.28. The second-order valence-electron chi connectivity index (χ2n) is 3.99. The van der Waals surface area contributed by atoms with E-state index in [2.05, 4.69) is 54.4 Å². The van der Waals surface area contributed by atoms with Crippen LogP contribution in [0, 0.1) is 0 Å². The van der Waals surface area contributed by atoms with E-state index in [1.165, 1.54) is 27.2 Å². The monoisotopic (exact) mass is 207 g/mol. The zero-order valence-corrected chi connectivity index (χ0v) is 9.27. The molecule has 2 aromatic carbocycles. The van der Waals surface area contributed by atoms with Gasteiger partial charge in [0.05, 0.1) is 0 Å². The minimum atomic E-state index is 0.982. The molecule has 0 saturated carbocycles. The highest BCUT2D eigenvalue weighted by molar-refractivity contribution is 6.07. The molecule has 0 aliphatic heterocycles. The number of benzene rings is 2. The summed E-state index contributed by atoms with van der Waals surface area (Å²) in [5.41, 5.74) is 1.18. The first-order valence-electron chi connectivity index (χ1n) is 5.65. The van der Waals surface area contributed by atoms with E-state index in [1.807, 2.05) is 6.20 Å². The maximum absolute atomic E-state index is 4.43. The topological polar surface area (TPSA) is 12.9 Å². The van der Waals surface area contributed by atoms with Gasteiger partial charge < -0.3 is 0 Å². The predicted molar refractivity (Wildman–Crippen MR) is 68.6 cm³/mol. The Labute approximate surface area is 94.7 Å². The van der Waals surface area contributed by atoms with Gasteiger partial charge in [0.2, 0.25) is 0 Å². The summed E-state index contributed by atoms with van der Waals surface area (Å²) in [6.45, 7) is 2.15. The molecule has 0 fully saturated rings. The molecule has 0 radical (unpaired) electrons. The number of pyridine rings is 1. The van der Waals surface area contributed by atoms with Crippen molar-refractivity contribution in [3.63, 3.8) is 0 Å². The molecule has 0 N–H and O–H groups in total. The van der Waals surface area contributed by atoms with Gasteiger partial charge in [0.1, 0.15) is 0 Å². The second-order valence-corrected chi connectivity index (χ2v) is 3.99. The van der Waals surface area contributed by atoms with Crippen LogP contribution in [-0.2, 0) is 6.42 Å². The molecule has 0 spiro atoms. The van der Waals surface area contributed by atoms with Crippen LogP contribution in [0.1, 0.15) is 12.6 Å². The first-order valence-corrected chi connectivity index (χ1v) is 5.65. The average Bonchev–Trinajstić information content (AvgIpc) is 2.37. The van der Waals surface area contributed by atoms with Gasteiger partial charge in [0.25, 0.3) is 0 Å². The summed E-state index contributed by atoms with van der Waals surface area (Å²) < 4.78 is 0. The highest BCUT2D eigenvalue weighted by Crippen LogP contribution is 2.26. The molecule has 0 saturated heterocycles. The first kappa shape index (κ1) is 9.34. The van der Waals surface area contributed by atoms with Crippen LogP contribution in [0.5, 0.6) is 0 Å². The first-order chi connectivity index (χ1) is 7.90. The van der Waals surface area contributed by atoms with Gasteiger partial charge in [-0.15, -0.1) is 0 Å². The normalized spacial score (nSPS) is 11.1. The van der Waals surface area contributed by atoms with Crippen LogP contribution in [0.3, 0.4) is 0 Å². The molecule has 3 aromatic rings. The van der Waals surface area contributed by atoms with Gasteiger partial charge in [0.15, 0.2) is 0 Å². The molecule has 0 unspecified atom stereocenters. The highest BCUT2D eigenvalue weighted by atomic mass is 14.7. The maximum Gasteiger partial charge on any atom is 0.0479 e. The number of hydrogen-bond donors (Lipinski definition) is 0. The largest absolute Gasteiger partial charge is 0.261 e. The fourth-order valence-electron chi connectivity index (χ4n) is 2.28. The smallest absolute Gasteiger partial charge is 0.0479 e. The van der Waals surface area contributed by atoms with Gasteiger partial charge in [-0.3, -0.25) is 4.98 Å². The highest BCUT2D eigenvalue weighted by Gasteiger charge is 2.03. The Hall–Kier alpha value is -1.89. The maximum atomic E-state index is 4.43. The van der Waals surface area contributed by atoms with E-state index in [0.29, 0.717) is 0 Å². The van der Waals surface area contributed by atoms with Gasteiger partial charge in [-0.25, -0.2) is 0 Å². The van der Waals surface area contributed by atoms with E-state index in [9.17, 15) is 0 Å². The molecule has 0 atom stereocenters. The number of aryl methyl sites for hydroxylation is 1. The van der Waals surface area contributed by atoms with Gasteiger partial charge in [-0.2, -0.15) is 0 Å². The zero-order chi connectivity index (χ0) is 11.0. The number of hydrogen-bond acceptors (Lipinski definition) is 1. The number of rotatable bonds is 1. The quantitative estimate of drug-likeness (QED) is 0.550. The Balaban J connectivity index is 2.52. The summed E-state index contributed by atoms with van der Waals surface area (Å²) in [5, 5.41) is 5.20. The molecule has 0 aliphatic rings. The molecule has 3 rings (SSSR count). The molecule has 1 heteroatoms. The van der Waals surface area contributed by atoms with Crippen molar-refractivity contribution < 1.29 is 0 Å². The Bertz CT molecular complexity index is 656. The standard InChI is InChI=1S/C15H13N/c1-2-15-14-8-7-11-5-3-4-6-12(11)13(14)9-10-16-15/h3-10H,2H2,1H3. The number of aromatic nitrogens is 1. The minimum Gasteiger partial charge on any atom is -0.261 e. The van der Waals surface area contributed by atoms with Crippen LogP contribution in [0.15, 0.2) is 48.7 Å². The molecule has 78 valence electrons. The third-order valence-corrected chi connectivity index (χ3v) is 3.09. The van der Waals surface area contributed by atoms with E-state index in [0.717, 1.165) is 6.42 Å². The lowest BCUT2D eigenvalue weighted by Crippen LogP contribution is -1.88. The molecule has 1 nitrogen and oxygen atoms in total. The third-order valence-electron chi connectivity index (χ3n) is 3.09. The molecular formula is C15H13N. The van der Waals surface area contributed by atoms with Crippen LogP contribution in [0.2, 0.25) is 0 Å². The molecule has 0 amide bonds.